The quantitative estimate of drug-likeness (QED) is 0.827. The average molecular weight is 341 g/mol. The first-order chi connectivity index (χ1) is 9.08. The molecule has 0 atom stereocenters. The van der Waals surface area contributed by atoms with Gasteiger partial charge < -0.3 is 5.11 Å². The number of carboxylic acid groups (broad SMARTS) is 1. The summed E-state index contributed by atoms with van der Waals surface area (Å²) < 4.78 is 14.9. The SMILES string of the molecule is O=C(O)c1cccc(CSc2cccc(Br)c2)c1F. The molecule has 0 spiro atoms. The first-order valence-corrected chi connectivity index (χ1v) is 7.25. The topological polar surface area (TPSA) is 37.3 Å². The zero-order chi connectivity index (χ0) is 13.8. The van der Waals surface area contributed by atoms with E-state index in [1.807, 2.05) is 24.3 Å². The molecule has 0 bridgehead atoms. The number of aromatic carboxylic acids is 1. The Kier molecular flexibility index (Phi) is 4.61. The van der Waals surface area contributed by atoms with E-state index in [9.17, 15) is 9.18 Å². The van der Waals surface area contributed by atoms with Crippen LogP contribution in [0.2, 0.25) is 0 Å². The largest absolute Gasteiger partial charge is 0.478 e. The Morgan fingerprint density at radius 2 is 2.00 bits per heavy atom. The fourth-order valence-electron chi connectivity index (χ4n) is 1.57. The molecule has 0 heterocycles. The van der Waals surface area contributed by atoms with Crippen molar-refractivity contribution in [2.75, 3.05) is 0 Å². The van der Waals surface area contributed by atoms with Crippen molar-refractivity contribution in [1.82, 2.24) is 0 Å². The van der Waals surface area contributed by atoms with Gasteiger partial charge in [0.15, 0.2) is 0 Å². The summed E-state index contributed by atoms with van der Waals surface area (Å²) in [5.41, 5.74) is 0.109. The lowest BCUT2D eigenvalue weighted by molar-refractivity contribution is 0.0691. The third-order valence-electron chi connectivity index (χ3n) is 2.50. The highest BCUT2D eigenvalue weighted by Crippen LogP contribution is 2.27. The highest BCUT2D eigenvalue weighted by atomic mass is 79.9. The van der Waals surface area contributed by atoms with Gasteiger partial charge in [-0.25, -0.2) is 9.18 Å². The maximum absolute atomic E-state index is 13.9. The van der Waals surface area contributed by atoms with Gasteiger partial charge in [-0.3, -0.25) is 0 Å². The van der Waals surface area contributed by atoms with Crippen molar-refractivity contribution in [2.45, 2.75) is 10.6 Å². The number of hydrogen-bond donors (Lipinski definition) is 1. The van der Waals surface area contributed by atoms with Crippen LogP contribution in [0.1, 0.15) is 15.9 Å². The van der Waals surface area contributed by atoms with Crippen molar-refractivity contribution < 1.29 is 14.3 Å². The molecule has 0 aliphatic carbocycles. The lowest BCUT2D eigenvalue weighted by Crippen LogP contribution is -2.02. The fourth-order valence-corrected chi connectivity index (χ4v) is 3.06. The summed E-state index contributed by atoms with van der Waals surface area (Å²) in [6.45, 7) is 0. The minimum absolute atomic E-state index is 0.285. The second-order valence-corrected chi connectivity index (χ2v) is 5.79. The maximum atomic E-state index is 13.9. The molecule has 98 valence electrons. The van der Waals surface area contributed by atoms with Gasteiger partial charge in [0.25, 0.3) is 0 Å². The van der Waals surface area contributed by atoms with E-state index in [0.29, 0.717) is 11.3 Å². The van der Waals surface area contributed by atoms with Crippen molar-refractivity contribution in [2.24, 2.45) is 0 Å². The second kappa shape index (κ2) is 6.21. The van der Waals surface area contributed by atoms with Gasteiger partial charge in [-0.15, -0.1) is 11.8 Å². The summed E-state index contributed by atoms with van der Waals surface area (Å²) in [6, 6.07) is 12.1. The van der Waals surface area contributed by atoms with Gasteiger partial charge in [0.2, 0.25) is 0 Å². The van der Waals surface area contributed by atoms with Crippen molar-refractivity contribution in [3.8, 4) is 0 Å². The third-order valence-corrected chi connectivity index (χ3v) is 4.04. The summed E-state index contributed by atoms with van der Waals surface area (Å²) in [6.07, 6.45) is 0. The van der Waals surface area contributed by atoms with Crippen LogP contribution in [-0.4, -0.2) is 11.1 Å². The Morgan fingerprint density at radius 1 is 1.26 bits per heavy atom. The van der Waals surface area contributed by atoms with E-state index in [2.05, 4.69) is 15.9 Å². The number of hydrogen-bond acceptors (Lipinski definition) is 2. The molecule has 0 amide bonds. The summed E-state index contributed by atoms with van der Waals surface area (Å²) in [5, 5.41) is 8.86. The molecule has 19 heavy (non-hydrogen) atoms. The molecular formula is C14H10BrFO2S. The predicted octanol–water partition coefficient (Wildman–Crippen LogP) is 4.58. The molecule has 0 aliphatic heterocycles. The van der Waals surface area contributed by atoms with E-state index in [1.54, 1.807) is 12.1 Å². The molecule has 0 fully saturated rings. The average Bonchev–Trinajstić information content (AvgIpc) is 2.37. The van der Waals surface area contributed by atoms with E-state index in [-0.39, 0.29) is 5.56 Å². The smallest absolute Gasteiger partial charge is 0.338 e. The molecule has 5 heteroatoms. The van der Waals surface area contributed by atoms with Crippen molar-refractivity contribution in [3.05, 3.63) is 63.9 Å². The number of thioether (sulfide) groups is 1. The van der Waals surface area contributed by atoms with Gasteiger partial charge in [-0.1, -0.05) is 34.1 Å². The summed E-state index contributed by atoms with van der Waals surface area (Å²) in [7, 11) is 0. The van der Waals surface area contributed by atoms with Gasteiger partial charge in [-0.05, 0) is 29.8 Å². The summed E-state index contributed by atoms with van der Waals surface area (Å²) in [5.74, 6) is -1.51. The number of rotatable bonds is 4. The summed E-state index contributed by atoms with van der Waals surface area (Å²) in [4.78, 5) is 11.8. The molecule has 0 unspecified atom stereocenters. The zero-order valence-electron chi connectivity index (χ0n) is 9.77. The minimum atomic E-state index is -1.24. The summed E-state index contributed by atoms with van der Waals surface area (Å²) >= 11 is 4.83. The molecule has 1 N–H and O–H groups in total. The van der Waals surface area contributed by atoms with E-state index in [1.165, 1.54) is 17.8 Å². The Morgan fingerprint density at radius 3 is 2.68 bits per heavy atom. The zero-order valence-corrected chi connectivity index (χ0v) is 12.2. The molecule has 0 radical (unpaired) electrons. The maximum Gasteiger partial charge on any atom is 0.338 e. The molecule has 0 saturated carbocycles. The van der Waals surface area contributed by atoms with E-state index < -0.39 is 11.8 Å². The van der Waals surface area contributed by atoms with Crippen LogP contribution < -0.4 is 0 Å². The van der Waals surface area contributed by atoms with Crippen LogP contribution in [0.5, 0.6) is 0 Å². The minimum Gasteiger partial charge on any atom is -0.478 e. The van der Waals surface area contributed by atoms with Gasteiger partial charge in [0.1, 0.15) is 5.82 Å². The second-order valence-electron chi connectivity index (χ2n) is 3.83. The third kappa shape index (κ3) is 3.58. The van der Waals surface area contributed by atoms with Crippen LogP contribution in [0, 0.1) is 5.82 Å². The number of carboxylic acids is 1. The highest BCUT2D eigenvalue weighted by Gasteiger charge is 2.13. The van der Waals surface area contributed by atoms with E-state index in [0.717, 1.165) is 9.37 Å². The van der Waals surface area contributed by atoms with Crippen LogP contribution in [0.25, 0.3) is 0 Å². The van der Waals surface area contributed by atoms with Crippen LogP contribution in [0.15, 0.2) is 51.8 Å². The lowest BCUT2D eigenvalue weighted by atomic mass is 10.1. The van der Waals surface area contributed by atoms with Crippen LogP contribution >= 0.6 is 27.7 Å². The first-order valence-electron chi connectivity index (χ1n) is 5.47. The monoisotopic (exact) mass is 340 g/mol. The molecule has 0 aromatic heterocycles. The van der Waals surface area contributed by atoms with Crippen molar-refractivity contribution in [1.29, 1.82) is 0 Å². The van der Waals surface area contributed by atoms with Crippen LogP contribution in [0.4, 0.5) is 4.39 Å². The molecule has 2 aromatic rings. The Bertz CT molecular complexity index is 616. The van der Waals surface area contributed by atoms with Crippen molar-refractivity contribution >= 4 is 33.7 Å². The van der Waals surface area contributed by atoms with Gasteiger partial charge >= 0.3 is 5.97 Å². The highest BCUT2D eigenvalue weighted by molar-refractivity contribution is 9.10. The predicted molar refractivity (Wildman–Crippen MR) is 77.1 cm³/mol. The number of benzene rings is 2. The van der Waals surface area contributed by atoms with Gasteiger partial charge in [0, 0.05) is 15.1 Å². The molecule has 2 nitrogen and oxygen atoms in total. The standard InChI is InChI=1S/C14H10BrFO2S/c15-10-4-2-5-11(7-10)19-8-9-3-1-6-12(13(9)16)14(17)18/h1-7H,8H2,(H,17,18). The van der Waals surface area contributed by atoms with Gasteiger partial charge in [-0.2, -0.15) is 0 Å². The normalized spacial score (nSPS) is 10.4. The van der Waals surface area contributed by atoms with Crippen molar-refractivity contribution in [3.63, 3.8) is 0 Å². The van der Waals surface area contributed by atoms with Crippen LogP contribution in [-0.2, 0) is 5.75 Å². The molecular weight excluding hydrogens is 331 g/mol. The van der Waals surface area contributed by atoms with E-state index >= 15 is 0 Å². The number of carbonyl (C=O) groups is 1. The lowest BCUT2D eigenvalue weighted by Gasteiger charge is -2.06. The molecule has 2 aromatic carbocycles. The molecule has 0 aliphatic rings. The Labute approximate surface area is 122 Å². The Hall–Kier alpha value is -1.33. The fraction of sp³-hybridized carbons (Fsp3) is 0.0714. The number of halogens is 2. The molecule has 2 rings (SSSR count). The van der Waals surface area contributed by atoms with Crippen LogP contribution in [0.3, 0.4) is 0 Å². The van der Waals surface area contributed by atoms with Gasteiger partial charge in [0.05, 0.1) is 5.56 Å². The molecule has 0 saturated heterocycles. The Balaban J connectivity index is 2.16. The van der Waals surface area contributed by atoms with E-state index in [4.69, 9.17) is 5.11 Å². The first kappa shape index (κ1) is 14.1.